The average Bonchev–Trinajstić information content (AvgIpc) is 3.25. The molecule has 116 valence electrons. The van der Waals surface area contributed by atoms with Crippen LogP contribution in [0.2, 0.25) is 0 Å². The van der Waals surface area contributed by atoms with E-state index in [1.54, 1.807) is 24.3 Å². The molecule has 2 unspecified atom stereocenters. The van der Waals surface area contributed by atoms with E-state index in [1.807, 2.05) is 0 Å². The van der Waals surface area contributed by atoms with Gasteiger partial charge in [-0.3, -0.25) is 0 Å². The van der Waals surface area contributed by atoms with E-state index in [9.17, 15) is 8.42 Å². The molecule has 2 aliphatic carbocycles. The smallest absolute Gasteiger partial charge is 0.240 e. The summed E-state index contributed by atoms with van der Waals surface area (Å²) in [6.45, 7) is 0. The summed E-state index contributed by atoms with van der Waals surface area (Å²) < 4.78 is 32.7. The first-order valence-electron chi connectivity index (χ1n) is 7.59. The van der Waals surface area contributed by atoms with E-state index in [4.69, 9.17) is 10.5 Å². The maximum absolute atomic E-state index is 12.1. The van der Waals surface area contributed by atoms with Crippen LogP contribution in [-0.4, -0.2) is 26.6 Å². The van der Waals surface area contributed by atoms with Crippen molar-refractivity contribution in [2.75, 3.05) is 0 Å². The van der Waals surface area contributed by atoms with Crippen molar-refractivity contribution < 1.29 is 13.2 Å². The maximum Gasteiger partial charge on any atom is 0.240 e. The number of hydrogen-bond donors (Lipinski definition) is 2. The Balaban J connectivity index is 1.66. The normalized spacial score (nSPS) is 26.5. The zero-order chi connectivity index (χ0) is 14.9. The Hall–Kier alpha value is -1.11. The van der Waals surface area contributed by atoms with E-state index >= 15 is 0 Å². The summed E-state index contributed by atoms with van der Waals surface area (Å²) in [5.41, 5.74) is 6.06. The molecule has 2 fully saturated rings. The number of ether oxygens (including phenoxy) is 1. The zero-order valence-electron chi connectivity index (χ0n) is 12.0. The number of nitrogens with two attached hydrogens (primary N) is 1. The highest BCUT2D eigenvalue weighted by Crippen LogP contribution is 2.25. The Labute approximate surface area is 125 Å². The lowest BCUT2D eigenvalue weighted by Gasteiger charge is -2.29. The van der Waals surface area contributed by atoms with Crippen molar-refractivity contribution in [3.63, 3.8) is 0 Å². The van der Waals surface area contributed by atoms with Gasteiger partial charge in [-0.2, -0.15) is 0 Å². The highest BCUT2D eigenvalue weighted by molar-refractivity contribution is 7.89. The summed E-state index contributed by atoms with van der Waals surface area (Å²) in [4.78, 5) is 0.287. The molecule has 2 aliphatic rings. The van der Waals surface area contributed by atoms with Crippen LogP contribution in [0.1, 0.15) is 38.5 Å². The second-order valence-corrected chi connectivity index (χ2v) is 7.69. The molecule has 1 aromatic carbocycles. The Bertz CT molecular complexity index is 581. The molecule has 0 aromatic heterocycles. The van der Waals surface area contributed by atoms with Crippen LogP contribution in [0.15, 0.2) is 29.2 Å². The largest absolute Gasteiger partial charge is 0.489 e. The molecule has 0 bridgehead atoms. The Morgan fingerprint density at radius 2 is 1.71 bits per heavy atom. The van der Waals surface area contributed by atoms with Crippen molar-refractivity contribution in [1.29, 1.82) is 0 Å². The van der Waals surface area contributed by atoms with Crippen molar-refractivity contribution in [2.24, 2.45) is 5.73 Å². The molecule has 3 rings (SSSR count). The van der Waals surface area contributed by atoms with Crippen LogP contribution in [0.3, 0.4) is 0 Å². The van der Waals surface area contributed by atoms with Gasteiger partial charge >= 0.3 is 0 Å². The van der Waals surface area contributed by atoms with E-state index in [-0.39, 0.29) is 23.1 Å². The van der Waals surface area contributed by atoms with Gasteiger partial charge in [-0.25, -0.2) is 13.1 Å². The molecule has 5 nitrogen and oxygen atoms in total. The molecule has 0 spiro atoms. The number of rotatable bonds is 5. The third-order valence-electron chi connectivity index (χ3n) is 4.07. The Morgan fingerprint density at radius 3 is 2.33 bits per heavy atom. The molecule has 2 atom stereocenters. The summed E-state index contributed by atoms with van der Waals surface area (Å²) in [5.74, 6) is 0.683. The monoisotopic (exact) mass is 310 g/mol. The lowest BCUT2D eigenvalue weighted by molar-refractivity contribution is 0.132. The fraction of sp³-hybridized carbons (Fsp3) is 0.600. The second-order valence-electron chi connectivity index (χ2n) is 5.97. The fourth-order valence-corrected chi connectivity index (χ4v) is 3.94. The predicted molar refractivity (Wildman–Crippen MR) is 80.6 cm³/mol. The van der Waals surface area contributed by atoms with Crippen LogP contribution >= 0.6 is 0 Å². The first-order valence-corrected chi connectivity index (χ1v) is 9.07. The lowest BCUT2D eigenvalue weighted by atomic mass is 9.93. The number of sulfonamides is 1. The van der Waals surface area contributed by atoms with Crippen LogP contribution in [0.4, 0.5) is 0 Å². The number of benzene rings is 1. The van der Waals surface area contributed by atoms with Gasteiger partial charge in [-0.05, 0) is 56.4 Å². The number of nitrogens with one attached hydrogen (secondary N) is 1. The lowest BCUT2D eigenvalue weighted by Crippen LogP contribution is -2.41. The highest BCUT2D eigenvalue weighted by atomic mass is 32.2. The topological polar surface area (TPSA) is 81.4 Å². The molecule has 0 aliphatic heterocycles. The predicted octanol–water partition coefficient (Wildman–Crippen LogP) is 1.78. The molecule has 0 radical (unpaired) electrons. The molecular weight excluding hydrogens is 288 g/mol. The standard InChI is InChI=1S/C15H22N2O3S/c16-14-3-1-2-4-15(14)20-12-7-9-13(10-8-12)21(18,19)17-11-5-6-11/h7-11,14-15,17H,1-6,16H2. The van der Waals surface area contributed by atoms with Gasteiger partial charge in [0.25, 0.3) is 0 Å². The summed E-state index contributed by atoms with van der Waals surface area (Å²) >= 11 is 0. The van der Waals surface area contributed by atoms with Crippen molar-refractivity contribution in [3.05, 3.63) is 24.3 Å². The molecule has 0 heterocycles. The van der Waals surface area contributed by atoms with Crippen molar-refractivity contribution in [3.8, 4) is 5.75 Å². The molecular formula is C15H22N2O3S. The molecule has 21 heavy (non-hydrogen) atoms. The van der Waals surface area contributed by atoms with Crippen LogP contribution in [0.5, 0.6) is 5.75 Å². The van der Waals surface area contributed by atoms with Crippen LogP contribution < -0.4 is 15.2 Å². The van der Waals surface area contributed by atoms with Gasteiger partial charge in [-0.1, -0.05) is 6.42 Å². The Kier molecular flexibility index (Phi) is 4.19. The third-order valence-corrected chi connectivity index (χ3v) is 5.61. The zero-order valence-corrected chi connectivity index (χ0v) is 12.8. The quantitative estimate of drug-likeness (QED) is 0.868. The first-order chi connectivity index (χ1) is 10.0. The van der Waals surface area contributed by atoms with E-state index < -0.39 is 10.0 Å². The second kappa shape index (κ2) is 5.94. The molecule has 1 aromatic rings. The van der Waals surface area contributed by atoms with Gasteiger partial charge in [0, 0.05) is 12.1 Å². The third kappa shape index (κ3) is 3.75. The van der Waals surface area contributed by atoms with Crippen molar-refractivity contribution >= 4 is 10.0 Å². The minimum Gasteiger partial charge on any atom is -0.489 e. The summed E-state index contributed by atoms with van der Waals surface area (Å²) in [6, 6.07) is 6.79. The minimum atomic E-state index is -3.39. The van der Waals surface area contributed by atoms with Crippen LogP contribution in [0, 0.1) is 0 Å². The molecule has 3 N–H and O–H groups in total. The van der Waals surface area contributed by atoms with Gasteiger partial charge in [-0.15, -0.1) is 0 Å². The summed E-state index contributed by atoms with van der Waals surface area (Å²) in [7, 11) is -3.39. The van der Waals surface area contributed by atoms with E-state index in [1.165, 1.54) is 0 Å². The minimum absolute atomic E-state index is 0.0331. The van der Waals surface area contributed by atoms with Crippen molar-refractivity contribution in [1.82, 2.24) is 4.72 Å². The van der Waals surface area contributed by atoms with E-state index in [0.717, 1.165) is 38.5 Å². The van der Waals surface area contributed by atoms with Crippen LogP contribution in [-0.2, 0) is 10.0 Å². The summed E-state index contributed by atoms with van der Waals surface area (Å²) in [6.07, 6.45) is 6.14. The maximum atomic E-state index is 12.1. The highest BCUT2D eigenvalue weighted by Gasteiger charge is 2.28. The van der Waals surface area contributed by atoms with Gasteiger partial charge in [0.15, 0.2) is 0 Å². The van der Waals surface area contributed by atoms with Gasteiger partial charge in [0.1, 0.15) is 11.9 Å². The molecule has 2 saturated carbocycles. The molecule has 0 amide bonds. The summed E-state index contributed by atoms with van der Waals surface area (Å²) in [5, 5.41) is 0. The van der Waals surface area contributed by atoms with E-state index in [0.29, 0.717) is 5.75 Å². The molecule has 0 saturated heterocycles. The SMILES string of the molecule is NC1CCCCC1Oc1ccc(S(=O)(=O)NC2CC2)cc1. The van der Waals surface area contributed by atoms with E-state index in [2.05, 4.69) is 4.72 Å². The van der Waals surface area contributed by atoms with Crippen molar-refractivity contribution in [2.45, 2.75) is 61.6 Å². The molecule has 6 heteroatoms. The first kappa shape index (κ1) is 14.8. The Morgan fingerprint density at radius 1 is 1.05 bits per heavy atom. The van der Waals surface area contributed by atoms with Gasteiger partial charge < -0.3 is 10.5 Å². The van der Waals surface area contributed by atoms with Gasteiger partial charge in [0.2, 0.25) is 10.0 Å². The fourth-order valence-electron chi connectivity index (χ4n) is 2.63. The average molecular weight is 310 g/mol. The van der Waals surface area contributed by atoms with Crippen LogP contribution in [0.25, 0.3) is 0 Å². The number of hydrogen-bond acceptors (Lipinski definition) is 4. The van der Waals surface area contributed by atoms with Gasteiger partial charge in [0.05, 0.1) is 4.90 Å².